The lowest BCUT2D eigenvalue weighted by Gasteiger charge is -2.32. The Kier molecular flexibility index (Phi) is 4.57. The van der Waals surface area contributed by atoms with E-state index in [0.29, 0.717) is 6.54 Å². The van der Waals surface area contributed by atoms with Gasteiger partial charge in [-0.15, -0.1) is 0 Å². The average Bonchev–Trinajstić information content (AvgIpc) is 2.98. The van der Waals surface area contributed by atoms with Gasteiger partial charge in [0.1, 0.15) is 0 Å². The summed E-state index contributed by atoms with van der Waals surface area (Å²) < 4.78 is 44.5. The molecule has 132 valence electrons. The Balaban J connectivity index is 1.69. The second-order valence-corrected chi connectivity index (χ2v) is 6.43. The molecule has 1 aromatic carbocycles. The summed E-state index contributed by atoms with van der Waals surface area (Å²) in [5, 5.41) is 0. The molecule has 1 fully saturated rings. The third-order valence-corrected chi connectivity index (χ3v) is 4.99. The monoisotopic (exact) mass is 342 g/mol. The summed E-state index contributed by atoms with van der Waals surface area (Å²) in [4.78, 5) is 15.9. The number of nitrogens with zero attached hydrogens (tertiary/aromatic N) is 2. The summed E-state index contributed by atoms with van der Waals surface area (Å²) in [6.07, 6.45) is -2.79. The molecule has 0 bridgehead atoms. The van der Waals surface area contributed by atoms with Crippen LogP contribution in [0.25, 0.3) is 0 Å². The number of hydrogen-bond acceptors (Lipinski definition) is 3. The minimum absolute atomic E-state index is 0.0183. The lowest BCUT2D eigenvalue weighted by atomic mass is 10.0. The van der Waals surface area contributed by atoms with E-state index in [1.807, 2.05) is 24.3 Å². The van der Waals surface area contributed by atoms with Crippen LogP contribution in [0, 0.1) is 0 Å². The zero-order chi connectivity index (χ0) is 17.4. The fraction of sp³-hybridized carbons (Fsp3) is 0.588. The van der Waals surface area contributed by atoms with Crippen molar-refractivity contribution < 1.29 is 22.7 Å². The van der Waals surface area contributed by atoms with E-state index in [9.17, 15) is 18.0 Å². The number of hydrogen-bond donors (Lipinski definition) is 0. The lowest BCUT2D eigenvalue weighted by molar-refractivity contribution is -0.263. The molecular formula is C17H21F3N2O2. The fourth-order valence-electron chi connectivity index (χ4n) is 3.58. The van der Waals surface area contributed by atoms with Crippen LogP contribution in [0.4, 0.5) is 18.9 Å². The van der Waals surface area contributed by atoms with E-state index in [1.165, 1.54) is 4.90 Å². The van der Waals surface area contributed by atoms with Gasteiger partial charge in [0.05, 0.1) is 6.54 Å². The van der Waals surface area contributed by atoms with Gasteiger partial charge >= 0.3 is 6.18 Å². The highest BCUT2D eigenvalue weighted by Crippen LogP contribution is 2.40. The number of benzene rings is 1. The van der Waals surface area contributed by atoms with E-state index in [2.05, 4.69) is 0 Å². The number of ether oxygens (including phenoxy) is 1. The molecular weight excluding hydrogens is 321 g/mol. The molecule has 1 saturated heterocycles. The highest BCUT2D eigenvalue weighted by Gasteiger charge is 2.58. The van der Waals surface area contributed by atoms with E-state index in [-0.39, 0.29) is 32.0 Å². The Hall–Kier alpha value is -1.60. The SMILES string of the molecule is COC1(C(F)(F)F)CCN(CC(=O)N2CCCc3ccccc32)C1. The molecule has 3 rings (SSSR count). The number of alkyl halides is 3. The normalized spacial score (nSPS) is 24.9. The first-order valence-corrected chi connectivity index (χ1v) is 8.09. The zero-order valence-corrected chi connectivity index (χ0v) is 13.6. The summed E-state index contributed by atoms with van der Waals surface area (Å²) >= 11 is 0. The second kappa shape index (κ2) is 6.37. The third kappa shape index (κ3) is 3.02. The molecule has 0 radical (unpaired) electrons. The molecule has 2 aliphatic rings. The maximum Gasteiger partial charge on any atom is 0.418 e. The number of methoxy groups -OCH3 is 1. The van der Waals surface area contributed by atoms with Crippen LogP contribution in [0.3, 0.4) is 0 Å². The van der Waals surface area contributed by atoms with Crippen LogP contribution >= 0.6 is 0 Å². The third-order valence-electron chi connectivity index (χ3n) is 4.99. The molecule has 0 spiro atoms. The number of likely N-dealkylation sites (tertiary alicyclic amines) is 1. The van der Waals surface area contributed by atoms with E-state index in [0.717, 1.165) is 31.2 Å². The van der Waals surface area contributed by atoms with E-state index in [1.54, 1.807) is 4.90 Å². The maximum atomic E-state index is 13.2. The van der Waals surface area contributed by atoms with E-state index >= 15 is 0 Å². The summed E-state index contributed by atoms with van der Waals surface area (Å²) in [7, 11) is 1.08. The first-order chi connectivity index (χ1) is 11.4. The molecule has 2 heterocycles. The predicted octanol–water partition coefficient (Wildman–Crippen LogP) is 2.62. The van der Waals surface area contributed by atoms with Crippen LogP contribution in [-0.2, 0) is 16.0 Å². The molecule has 1 amide bonds. The molecule has 1 unspecified atom stereocenters. The quantitative estimate of drug-likeness (QED) is 0.847. The molecule has 0 aliphatic carbocycles. The van der Waals surface area contributed by atoms with Gasteiger partial charge in [-0.25, -0.2) is 0 Å². The molecule has 1 aromatic rings. The van der Waals surface area contributed by atoms with Crippen molar-refractivity contribution >= 4 is 11.6 Å². The predicted molar refractivity (Wildman–Crippen MR) is 84.0 cm³/mol. The smallest absolute Gasteiger partial charge is 0.367 e. The van der Waals surface area contributed by atoms with Gasteiger partial charge in [-0.1, -0.05) is 18.2 Å². The highest BCUT2D eigenvalue weighted by molar-refractivity contribution is 5.96. The van der Waals surface area contributed by atoms with Crippen LogP contribution in [0.1, 0.15) is 18.4 Å². The summed E-state index contributed by atoms with van der Waals surface area (Å²) in [6, 6.07) is 7.69. The molecule has 0 aromatic heterocycles. The highest BCUT2D eigenvalue weighted by atomic mass is 19.4. The minimum atomic E-state index is -4.43. The fourth-order valence-corrected chi connectivity index (χ4v) is 3.58. The Morgan fingerprint density at radius 2 is 2.04 bits per heavy atom. The summed E-state index contributed by atoms with van der Waals surface area (Å²) in [5.74, 6) is -0.156. The van der Waals surface area contributed by atoms with Gasteiger partial charge < -0.3 is 9.64 Å². The van der Waals surface area contributed by atoms with Crippen LogP contribution in [0.5, 0.6) is 0 Å². The average molecular weight is 342 g/mol. The largest absolute Gasteiger partial charge is 0.418 e. The Labute approximate surface area is 139 Å². The molecule has 1 atom stereocenters. The van der Waals surface area contributed by atoms with Gasteiger partial charge in [0.25, 0.3) is 0 Å². The lowest BCUT2D eigenvalue weighted by Crippen LogP contribution is -2.50. The van der Waals surface area contributed by atoms with Crippen molar-refractivity contribution in [3.63, 3.8) is 0 Å². The molecule has 0 saturated carbocycles. The number of aryl methyl sites for hydroxylation is 1. The Morgan fingerprint density at radius 3 is 2.71 bits per heavy atom. The van der Waals surface area contributed by atoms with Crippen molar-refractivity contribution in [1.29, 1.82) is 0 Å². The van der Waals surface area contributed by atoms with Gasteiger partial charge in [-0.2, -0.15) is 13.2 Å². The number of rotatable bonds is 3. The Morgan fingerprint density at radius 1 is 1.29 bits per heavy atom. The van der Waals surface area contributed by atoms with Gasteiger partial charge in [0.15, 0.2) is 5.60 Å². The number of halogens is 3. The maximum absolute atomic E-state index is 13.2. The summed E-state index contributed by atoms with van der Waals surface area (Å²) in [6.45, 7) is 0.497. The Bertz CT molecular complexity index is 620. The van der Waals surface area contributed by atoms with Gasteiger partial charge in [0.2, 0.25) is 5.91 Å². The minimum Gasteiger partial charge on any atom is -0.367 e. The van der Waals surface area contributed by atoms with E-state index < -0.39 is 11.8 Å². The number of fused-ring (bicyclic) bond motifs is 1. The van der Waals surface area contributed by atoms with Crippen LogP contribution in [0.2, 0.25) is 0 Å². The van der Waals surface area contributed by atoms with Crippen molar-refractivity contribution in [1.82, 2.24) is 4.90 Å². The number of anilines is 1. The van der Waals surface area contributed by atoms with Crippen molar-refractivity contribution in [2.24, 2.45) is 0 Å². The standard InChI is InChI=1S/C17H21F3N2O2/c1-24-16(17(18,19)20)8-10-21(12-16)11-15(23)22-9-4-6-13-5-2-3-7-14(13)22/h2-3,5,7H,4,6,8-12H2,1H3. The van der Waals surface area contributed by atoms with Gasteiger partial charge in [0, 0.05) is 32.4 Å². The molecule has 7 heteroatoms. The molecule has 4 nitrogen and oxygen atoms in total. The van der Waals surface area contributed by atoms with Crippen LogP contribution in [0.15, 0.2) is 24.3 Å². The van der Waals surface area contributed by atoms with Gasteiger partial charge in [-0.3, -0.25) is 9.69 Å². The summed E-state index contributed by atoms with van der Waals surface area (Å²) in [5.41, 5.74) is -0.172. The molecule has 24 heavy (non-hydrogen) atoms. The molecule has 0 N–H and O–H groups in total. The zero-order valence-electron chi connectivity index (χ0n) is 13.6. The van der Waals surface area contributed by atoms with Crippen LogP contribution in [-0.4, -0.2) is 55.9 Å². The van der Waals surface area contributed by atoms with E-state index in [4.69, 9.17) is 4.74 Å². The van der Waals surface area contributed by atoms with Crippen molar-refractivity contribution in [2.45, 2.75) is 31.0 Å². The first-order valence-electron chi connectivity index (χ1n) is 8.09. The number of para-hydroxylation sites is 1. The topological polar surface area (TPSA) is 32.8 Å². The number of carbonyl (C=O) groups is 1. The van der Waals surface area contributed by atoms with Crippen molar-refractivity contribution in [3.8, 4) is 0 Å². The van der Waals surface area contributed by atoms with Crippen LogP contribution < -0.4 is 4.90 Å². The van der Waals surface area contributed by atoms with Gasteiger partial charge in [-0.05, 0) is 30.9 Å². The van der Waals surface area contributed by atoms with Crippen molar-refractivity contribution in [3.05, 3.63) is 29.8 Å². The van der Waals surface area contributed by atoms with Crippen molar-refractivity contribution in [2.75, 3.05) is 38.2 Å². The number of amides is 1. The number of carbonyl (C=O) groups excluding carboxylic acids is 1. The first kappa shape index (κ1) is 17.2. The molecule has 2 aliphatic heterocycles. The second-order valence-electron chi connectivity index (χ2n) is 6.43.